The van der Waals surface area contributed by atoms with Crippen molar-refractivity contribution < 1.29 is 4.42 Å². The first-order chi connectivity index (χ1) is 11.4. The summed E-state index contributed by atoms with van der Waals surface area (Å²) < 4.78 is 5.87. The molecule has 0 spiro atoms. The molecule has 0 fully saturated rings. The number of nitrogens with zero attached hydrogens (tertiary/aromatic N) is 3. The lowest BCUT2D eigenvalue weighted by Crippen LogP contribution is -1.87. The zero-order valence-electron chi connectivity index (χ0n) is 12.1. The molecule has 4 heteroatoms. The van der Waals surface area contributed by atoms with Gasteiger partial charge in [0.1, 0.15) is 17.4 Å². The summed E-state index contributed by atoms with van der Waals surface area (Å²) in [4.78, 5) is 13.1. The summed E-state index contributed by atoms with van der Waals surface area (Å²) in [5.41, 5.74) is 4.27. The number of benzene rings is 2. The van der Waals surface area contributed by atoms with E-state index in [1.807, 2.05) is 36.5 Å². The molecule has 0 saturated carbocycles. The van der Waals surface area contributed by atoms with Gasteiger partial charge in [0.15, 0.2) is 5.58 Å². The fourth-order valence-corrected chi connectivity index (χ4v) is 3.09. The molecule has 0 amide bonds. The quantitative estimate of drug-likeness (QED) is 0.454. The maximum absolute atomic E-state index is 5.87. The Morgan fingerprint density at radius 1 is 0.826 bits per heavy atom. The number of furan rings is 1. The monoisotopic (exact) mass is 297 g/mol. The second-order valence-corrected chi connectivity index (χ2v) is 5.40. The molecule has 0 saturated heterocycles. The first kappa shape index (κ1) is 12.3. The van der Waals surface area contributed by atoms with Crippen molar-refractivity contribution in [1.82, 2.24) is 15.0 Å². The SMILES string of the molecule is c1ccc2c(-c3cccc4oc5cncnc5c34)nccc2c1. The average molecular weight is 297 g/mol. The fourth-order valence-electron chi connectivity index (χ4n) is 3.09. The van der Waals surface area contributed by atoms with Crippen molar-refractivity contribution >= 4 is 32.8 Å². The molecule has 0 aliphatic carbocycles. The zero-order valence-corrected chi connectivity index (χ0v) is 12.1. The highest BCUT2D eigenvalue weighted by Crippen LogP contribution is 2.36. The van der Waals surface area contributed by atoms with E-state index in [9.17, 15) is 0 Å². The first-order valence-electron chi connectivity index (χ1n) is 7.37. The number of hydrogen-bond donors (Lipinski definition) is 0. The van der Waals surface area contributed by atoms with Crippen LogP contribution in [0.3, 0.4) is 0 Å². The van der Waals surface area contributed by atoms with Crippen molar-refractivity contribution in [1.29, 1.82) is 0 Å². The van der Waals surface area contributed by atoms with Gasteiger partial charge in [-0.15, -0.1) is 0 Å². The average Bonchev–Trinajstić information content (AvgIpc) is 3.00. The maximum Gasteiger partial charge on any atom is 0.172 e. The van der Waals surface area contributed by atoms with Crippen LogP contribution in [0.15, 0.2) is 71.7 Å². The molecular formula is C19H11N3O. The normalized spacial score (nSPS) is 11.5. The van der Waals surface area contributed by atoms with Gasteiger partial charge in [-0.25, -0.2) is 9.97 Å². The van der Waals surface area contributed by atoms with Crippen molar-refractivity contribution in [3.63, 3.8) is 0 Å². The molecule has 108 valence electrons. The van der Waals surface area contributed by atoms with Crippen LogP contribution in [0.2, 0.25) is 0 Å². The topological polar surface area (TPSA) is 51.8 Å². The summed E-state index contributed by atoms with van der Waals surface area (Å²) in [6.45, 7) is 0. The Labute approximate surface area is 131 Å². The van der Waals surface area contributed by atoms with Crippen molar-refractivity contribution in [2.75, 3.05) is 0 Å². The fraction of sp³-hybridized carbons (Fsp3) is 0. The largest absolute Gasteiger partial charge is 0.453 e. The van der Waals surface area contributed by atoms with E-state index >= 15 is 0 Å². The van der Waals surface area contributed by atoms with Crippen LogP contribution in [0, 0.1) is 0 Å². The van der Waals surface area contributed by atoms with Gasteiger partial charge in [-0.3, -0.25) is 4.98 Å². The summed E-state index contributed by atoms with van der Waals surface area (Å²) in [7, 11) is 0. The molecule has 3 heterocycles. The van der Waals surface area contributed by atoms with E-state index in [0.29, 0.717) is 5.58 Å². The van der Waals surface area contributed by atoms with Crippen LogP contribution in [-0.4, -0.2) is 15.0 Å². The van der Waals surface area contributed by atoms with Crippen molar-refractivity contribution in [3.8, 4) is 11.3 Å². The molecule has 0 aliphatic heterocycles. The van der Waals surface area contributed by atoms with Crippen LogP contribution >= 0.6 is 0 Å². The highest BCUT2D eigenvalue weighted by Gasteiger charge is 2.15. The molecule has 5 rings (SSSR count). The van der Waals surface area contributed by atoms with Gasteiger partial charge >= 0.3 is 0 Å². The standard InChI is InChI=1S/C19H11N3O/c1-2-5-13-12(4-1)8-9-21-18(13)14-6-3-7-15-17(14)19-16(23-15)10-20-11-22-19/h1-11H. The lowest BCUT2D eigenvalue weighted by Gasteiger charge is -2.06. The van der Waals surface area contributed by atoms with Gasteiger partial charge in [0.25, 0.3) is 0 Å². The number of aromatic nitrogens is 3. The zero-order chi connectivity index (χ0) is 15.2. The first-order valence-corrected chi connectivity index (χ1v) is 7.37. The van der Waals surface area contributed by atoms with Gasteiger partial charge in [0.05, 0.1) is 17.3 Å². The lowest BCUT2D eigenvalue weighted by molar-refractivity contribution is 0.666. The summed E-state index contributed by atoms with van der Waals surface area (Å²) in [6.07, 6.45) is 5.08. The second kappa shape index (κ2) is 4.61. The number of fused-ring (bicyclic) bond motifs is 4. The Hall–Kier alpha value is -3.27. The Kier molecular flexibility index (Phi) is 2.46. The summed E-state index contributed by atoms with van der Waals surface area (Å²) in [6, 6.07) is 16.3. The number of rotatable bonds is 1. The molecule has 0 N–H and O–H groups in total. The molecule has 4 nitrogen and oxygen atoms in total. The third-order valence-electron chi connectivity index (χ3n) is 4.09. The Morgan fingerprint density at radius 2 is 1.78 bits per heavy atom. The van der Waals surface area contributed by atoms with Gasteiger partial charge in [0.2, 0.25) is 0 Å². The van der Waals surface area contributed by atoms with Crippen LogP contribution in [0.4, 0.5) is 0 Å². The molecule has 0 bridgehead atoms. The maximum atomic E-state index is 5.87. The second-order valence-electron chi connectivity index (χ2n) is 5.40. The van der Waals surface area contributed by atoms with E-state index in [-0.39, 0.29) is 0 Å². The smallest absolute Gasteiger partial charge is 0.172 e. The Balaban J connectivity index is 1.96. The minimum atomic E-state index is 0.690. The van der Waals surface area contributed by atoms with E-state index in [1.54, 1.807) is 12.5 Å². The molecule has 0 unspecified atom stereocenters. The van der Waals surface area contributed by atoms with Crippen molar-refractivity contribution in [2.45, 2.75) is 0 Å². The molecule has 5 aromatic rings. The van der Waals surface area contributed by atoms with Crippen LogP contribution in [-0.2, 0) is 0 Å². The van der Waals surface area contributed by atoms with Gasteiger partial charge in [-0.1, -0.05) is 36.4 Å². The Bertz CT molecular complexity index is 1170. The summed E-state index contributed by atoms with van der Waals surface area (Å²) in [5.74, 6) is 0. The van der Waals surface area contributed by atoms with Crippen molar-refractivity contribution in [2.24, 2.45) is 0 Å². The van der Waals surface area contributed by atoms with E-state index in [0.717, 1.165) is 38.5 Å². The minimum absolute atomic E-state index is 0.690. The summed E-state index contributed by atoms with van der Waals surface area (Å²) in [5, 5.41) is 3.26. The van der Waals surface area contributed by atoms with E-state index < -0.39 is 0 Å². The third-order valence-corrected chi connectivity index (χ3v) is 4.09. The minimum Gasteiger partial charge on any atom is -0.453 e. The third kappa shape index (κ3) is 1.75. The Morgan fingerprint density at radius 3 is 2.78 bits per heavy atom. The molecular weight excluding hydrogens is 286 g/mol. The summed E-state index contributed by atoms with van der Waals surface area (Å²) >= 11 is 0. The molecule has 2 aromatic carbocycles. The number of pyridine rings is 1. The van der Waals surface area contributed by atoms with Gasteiger partial charge in [-0.05, 0) is 17.5 Å². The lowest BCUT2D eigenvalue weighted by atomic mass is 10.0. The van der Waals surface area contributed by atoms with Gasteiger partial charge < -0.3 is 4.42 Å². The molecule has 3 aromatic heterocycles. The molecule has 0 atom stereocenters. The molecule has 23 heavy (non-hydrogen) atoms. The van der Waals surface area contributed by atoms with E-state index in [2.05, 4.69) is 33.2 Å². The van der Waals surface area contributed by atoms with Crippen LogP contribution in [0.1, 0.15) is 0 Å². The van der Waals surface area contributed by atoms with Crippen molar-refractivity contribution in [3.05, 3.63) is 67.3 Å². The van der Waals surface area contributed by atoms with E-state index in [4.69, 9.17) is 4.42 Å². The number of hydrogen-bond acceptors (Lipinski definition) is 4. The van der Waals surface area contributed by atoms with Gasteiger partial charge in [0, 0.05) is 17.1 Å². The van der Waals surface area contributed by atoms with Crippen LogP contribution < -0.4 is 0 Å². The van der Waals surface area contributed by atoms with E-state index in [1.165, 1.54) is 0 Å². The predicted molar refractivity (Wildman–Crippen MR) is 90.0 cm³/mol. The highest BCUT2D eigenvalue weighted by atomic mass is 16.3. The predicted octanol–water partition coefficient (Wildman–Crippen LogP) is 4.59. The van der Waals surface area contributed by atoms with Crippen LogP contribution in [0.5, 0.6) is 0 Å². The van der Waals surface area contributed by atoms with Crippen LogP contribution in [0.25, 0.3) is 44.1 Å². The molecule has 0 radical (unpaired) electrons. The highest BCUT2D eigenvalue weighted by molar-refractivity contribution is 6.12. The molecule has 0 aliphatic rings. The van der Waals surface area contributed by atoms with Gasteiger partial charge in [-0.2, -0.15) is 0 Å².